The maximum Gasteiger partial charge on any atom is 0.303 e. The normalized spacial score (nSPS) is 26.3. The van der Waals surface area contributed by atoms with Crippen LogP contribution >= 0.6 is 0 Å². The standard InChI is InChI=1S/C18H26O8/c1-6-7-11(2)8-9-22-18-17(26-14(5)21)16(25-13(4)20)15(10-23-18)24-12(3)19/h1,11,15-18H,7-10H2,2-5H3/t11?,15?,16?,17-,18?/m1/s1. The molecular weight excluding hydrogens is 344 g/mol. The summed E-state index contributed by atoms with van der Waals surface area (Å²) in [6.45, 7) is 5.90. The summed E-state index contributed by atoms with van der Waals surface area (Å²) in [6.07, 6.45) is 2.64. The molecule has 4 unspecified atom stereocenters. The van der Waals surface area contributed by atoms with E-state index in [1.54, 1.807) is 0 Å². The van der Waals surface area contributed by atoms with Crippen molar-refractivity contribution in [1.29, 1.82) is 0 Å². The highest BCUT2D eigenvalue weighted by atomic mass is 16.7. The topological polar surface area (TPSA) is 97.4 Å². The van der Waals surface area contributed by atoms with Gasteiger partial charge in [0.1, 0.15) is 0 Å². The molecule has 0 aromatic carbocycles. The van der Waals surface area contributed by atoms with E-state index in [-0.39, 0.29) is 12.5 Å². The van der Waals surface area contributed by atoms with E-state index in [4.69, 9.17) is 30.1 Å². The highest BCUT2D eigenvalue weighted by molar-refractivity contribution is 5.68. The Balaban J connectivity index is 2.85. The van der Waals surface area contributed by atoms with Crippen LogP contribution in [0.1, 0.15) is 40.5 Å². The summed E-state index contributed by atoms with van der Waals surface area (Å²) in [4.78, 5) is 34.2. The van der Waals surface area contributed by atoms with E-state index >= 15 is 0 Å². The zero-order valence-electron chi connectivity index (χ0n) is 15.6. The lowest BCUT2D eigenvalue weighted by molar-refractivity contribution is -0.281. The monoisotopic (exact) mass is 370 g/mol. The summed E-state index contributed by atoms with van der Waals surface area (Å²) in [5, 5.41) is 0. The fraction of sp³-hybridized carbons (Fsp3) is 0.722. The number of esters is 3. The van der Waals surface area contributed by atoms with Crippen molar-refractivity contribution in [2.75, 3.05) is 13.2 Å². The maximum atomic E-state index is 11.5. The number of ether oxygens (including phenoxy) is 5. The highest BCUT2D eigenvalue weighted by Crippen LogP contribution is 2.25. The minimum Gasteiger partial charge on any atom is -0.456 e. The number of carbonyl (C=O) groups excluding carboxylic acids is 3. The van der Waals surface area contributed by atoms with Crippen LogP contribution in [0.25, 0.3) is 0 Å². The lowest BCUT2D eigenvalue weighted by Crippen LogP contribution is -2.58. The molecule has 0 aliphatic carbocycles. The number of carbonyl (C=O) groups is 3. The Labute approximate surface area is 153 Å². The first-order valence-electron chi connectivity index (χ1n) is 8.42. The van der Waals surface area contributed by atoms with Crippen molar-refractivity contribution in [3.05, 3.63) is 0 Å². The first-order valence-corrected chi connectivity index (χ1v) is 8.42. The number of hydrogen-bond acceptors (Lipinski definition) is 8. The van der Waals surface area contributed by atoms with Gasteiger partial charge in [-0.25, -0.2) is 0 Å². The SMILES string of the molecule is C#CCC(C)CCOC1OCC(OC(C)=O)C(OC(C)=O)[C@H]1OC(C)=O. The Bertz CT molecular complexity index is 538. The van der Waals surface area contributed by atoms with E-state index in [0.29, 0.717) is 19.4 Å². The summed E-state index contributed by atoms with van der Waals surface area (Å²) in [5.74, 6) is 1.06. The maximum absolute atomic E-state index is 11.5. The molecule has 1 aliphatic heterocycles. The summed E-state index contributed by atoms with van der Waals surface area (Å²) in [6, 6.07) is 0. The van der Waals surface area contributed by atoms with Crippen molar-refractivity contribution in [1.82, 2.24) is 0 Å². The van der Waals surface area contributed by atoms with Crippen LogP contribution < -0.4 is 0 Å². The van der Waals surface area contributed by atoms with Crippen LogP contribution in [0.15, 0.2) is 0 Å². The van der Waals surface area contributed by atoms with Gasteiger partial charge in [0.15, 0.2) is 24.6 Å². The van der Waals surface area contributed by atoms with Crippen LogP contribution in [0.3, 0.4) is 0 Å². The van der Waals surface area contributed by atoms with E-state index in [0.717, 1.165) is 0 Å². The van der Waals surface area contributed by atoms with Crippen molar-refractivity contribution in [3.63, 3.8) is 0 Å². The van der Waals surface area contributed by atoms with Crippen LogP contribution in [0.2, 0.25) is 0 Å². The van der Waals surface area contributed by atoms with Crippen LogP contribution in [0, 0.1) is 18.3 Å². The third kappa shape index (κ3) is 7.42. The lowest BCUT2D eigenvalue weighted by atomic mass is 10.0. The van der Waals surface area contributed by atoms with Gasteiger partial charge in [-0.2, -0.15) is 0 Å². The molecule has 1 saturated heterocycles. The molecule has 1 rings (SSSR count). The second-order valence-electron chi connectivity index (χ2n) is 6.17. The van der Waals surface area contributed by atoms with Gasteiger partial charge >= 0.3 is 17.9 Å². The summed E-state index contributed by atoms with van der Waals surface area (Å²) in [5.41, 5.74) is 0. The molecule has 1 heterocycles. The van der Waals surface area contributed by atoms with Gasteiger partial charge < -0.3 is 23.7 Å². The molecule has 1 aliphatic rings. The zero-order valence-corrected chi connectivity index (χ0v) is 15.6. The average molecular weight is 370 g/mol. The van der Waals surface area contributed by atoms with Gasteiger partial charge in [0.25, 0.3) is 0 Å². The van der Waals surface area contributed by atoms with Crippen molar-refractivity contribution in [3.8, 4) is 12.3 Å². The minimum atomic E-state index is -1.06. The van der Waals surface area contributed by atoms with Crippen molar-refractivity contribution in [2.24, 2.45) is 5.92 Å². The molecule has 5 atom stereocenters. The van der Waals surface area contributed by atoms with Gasteiger partial charge in [0.05, 0.1) is 13.2 Å². The van der Waals surface area contributed by atoms with Gasteiger partial charge in [-0.1, -0.05) is 6.92 Å². The Morgan fingerprint density at radius 3 is 2.19 bits per heavy atom. The summed E-state index contributed by atoms with van der Waals surface area (Å²) in [7, 11) is 0. The predicted molar refractivity (Wildman–Crippen MR) is 89.6 cm³/mol. The number of rotatable bonds is 8. The summed E-state index contributed by atoms with van der Waals surface area (Å²) < 4.78 is 26.8. The Hall–Kier alpha value is -2.11. The molecular formula is C18H26O8. The molecule has 0 amide bonds. The smallest absolute Gasteiger partial charge is 0.303 e. The van der Waals surface area contributed by atoms with Crippen LogP contribution in [0.5, 0.6) is 0 Å². The van der Waals surface area contributed by atoms with Gasteiger partial charge in [-0.15, -0.1) is 12.3 Å². The average Bonchev–Trinajstić information content (AvgIpc) is 2.51. The molecule has 0 radical (unpaired) electrons. The van der Waals surface area contributed by atoms with Crippen LogP contribution in [0.4, 0.5) is 0 Å². The highest BCUT2D eigenvalue weighted by Gasteiger charge is 2.47. The Morgan fingerprint density at radius 2 is 1.65 bits per heavy atom. The molecule has 8 heteroatoms. The molecule has 146 valence electrons. The lowest BCUT2D eigenvalue weighted by Gasteiger charge is -2.40. The molecule has 0 spiro atoms. The Kier molecular flexibility index (Phi) is 9.10. The molecule has 0 bridgehead atoms. The van der Waals surface area contributed by atoms with Crippen molar-refractivity contribution < 1.29 is 38.1 Å². The van der Waals surface area contributed by atoms with Crippen molar-refractivity contribution >= 4 is 17.9 Å². The number of hydrogen-bond donors (Lipinski definition) is 0. The predicted octanol–water partition coefficient (Wildman–Crippen LogP) is 1.20. The van der Waals surface area contributed by atoms with Gasteiger partial charge in [-0.3, -0.25) is 14.4 Å². The Morgan fingerprint density at radius 1 is 1.08 bits per heavy atom. The molecule has 0 aromatic rings. The molecule has 26 heavy (non-hydrogen) atoms. The van der Waals surface area contributed by atoms with Crippen LogP contribution in [-0.2, 0) is 38.1 Å². The zero-order chi connectivity index (χ0) is 19.7. The van der Waals surface area contributed by atoms with Gasteiger partial charge in [0.2, 0.25) is 0 Å². The second kappa shape index (κ2) is 10.8. The fourth-order valence-corrected chi connectivity index (χ4v) is 2.54. The van der Waals surface area contributed by atoms with Gasteiger partial charge in [0, 0.05) is 27.2 Å². The third-order valence-electron chi connectivity index (χ3n) is 3.66. The molecule has 0 aromatic heterocycles. The van der Waals surface area contributed by atoms with E-state index in [1.807, 2.05) is 6.92 Å². The van der Waals surface area contributed by atoms with E-state index < -0.39 is 42.5 Å². The second-order valence-corrected chi connectivity index (χ2v) is 6.17. The molecule has 0 N–H and O–H groups in total. The quantitative estimate of drug-likeness (QED) is 0.357. The van der Waals surface area contributed by atoms with E-state index in [9.17, 15) is 14.4 Å². The van der Waals surface area contributed by atoms with E-state index in [1.165, 1.54) is 20.8 Å². The van der Waals surface area contributed by atoms with Crippen LogP contribution in [-0.4, -0.2) is 55.7 Å². The van der Waals surface area contributed by atoms with Crippen molar-refractivity contribution in [2.45, 2.75) is 65.1 Å². The molecule has 0 saturated carbocycles. The van der Waals surface area contributed by atoms with E-state index in [2.05, 4.69) is 5.92 Å². The first kappa shape index (κ1) is 21.9. The first-order chi connectivity index (χ1) is 12.2. The number of terminal acetylenes is 1. The molecule has 8 nitrogen and oxygen atoms in total. The third-order valence-corrected chi connectivity index (χ3v) is 3.66. The summed E-state index contributed by atoms with van der Waals surface area (Å²) >= 11 is 0. The van der Waals surface area contributed by atoms with Gasteiger partial charge in [-0.05, 0) is 12.3 Å². The molecule has 1 fully saturated rings. The minimum absolute atomic E-state index is 0.0557. The fourth-order valence-electron chi connectivity index (χ4n) is 2.54. The largest absolute Gasteiger partial charge is 0.456 e.